The molecule has 72 valence electrons. The Balaban J connectivity index is 3.86. The number of hydrogen-bond acceptors (Lipinski definition) is 2. The third-order valence-corrected chi connectivity index (χ3v) is 2.74. The van der Waals surface area contributed by atoms with Gasteiger partial charge in [-0.3, -0.25) is 4.79 Å². The molecule has 0 radical (unpaired) electrons. The zero-order valence-corrected chi connectivity index (χ0v) is 9.56. The van der Waals surface area contributed by atoms with E-state index in [1.165, 1.54) is 6.92 Å². The molecular formula is C9H17BrO2. The van der Waals surface area contributed by atoms with E-state index in [0.29, 0.717) is 4.83 Å². The number of carbonyl (C=O) groups is 1. The van der Waals surface area contributed by atoms with Crippen molar-refractivity contribution in [3.63, 3.8) is 0 Å². The van der Waals surface area contributed by atoms with Crippen molar-refractivity contribution in [2.75, 3.05) is 0 Å². The minimum absolute atomic E-state index is 0.0300. The Morgan fingerprint density at radius 1 is 1.50 bits per heavy atom. The first-order chi connectivity index (χ1) is 5.61. The summed E-state index contributed by atoms with van der Waals surface area (Å²) in [5.74, 6) is -0.192. The summed E-state index contributed by atoms with van der Waals surface area (Å²) in [7, 11) is 0. The summed E-state index contributed by atoms with van der Waals surface area (Å²) in [4.78, 5) is 11.0. The van der Waals surface area contributed by atoms with Gasteiger partial charge in [0.1, 0.15) is 6.10 Å². The molecule has 0 bridgehead atoms. The molecule has 0 spiro atoms. The van der Waals surface area contributed by atoms with Gasteiger partial charge >= 0.3 is 5.97 Å². The van der Waals surface area contributed by atoms with Gasteiger partial charge in [0.25, 0.3) is 0 Å². The normalized spacial score (nSPS) is 15.3. The van der Waals surface area contributed by atoms with E-state index in [9.17, 15) is 4.79 Å². The van der Waals surface area contributed by atoms with E-state index < -0.39 is 0 Å². The second kappa shape index (κ2) is 6.46. The molecule has 0 saturated heterocycles. The van der Waals surface area contributed by atoms with Crippen LogP contribution < -0.4 is 0 Å². The highest BCUT2D eigenvalue weighted by Gasteiger charge is 2.18. The molecule has 0 aromatic carbocycles. The predicted molar refractivity (Wildman–Crippen MR) is 53.5 cm³/mol. The van der Waals surface area contributed by atoms with Crippen molar-refractivity contribution in [2.45, 2.75) is 51.0 Å². The summed E-state index contributed by atoms with van der Waals surface area (Å²) < 4.78 is 5.13. The lowest BCUT2D eigenvalue weighted by atomic mass is 10.1. The molecule has 0 heterocycles. The van der Waals surface area contributed by atoms with Crippen LogP contribution in [0.4, 0.5) is 0 Å². The van der Waals surface area contributed by atoms with Gasteiger partial charge in [-0.15, -0.1) is 0 Å². The van der Waals surface area contributed by atoms with Gasteiger partial charge in [-0.25, -0.2) is 0 Å². The van der Waals surface area contributed by atoms with Crippen LogP contribution in [-0.4, -0.2) is 16.9 Å². The number of rotatable bonds is 5. The van der Waals surface area contributed by atoms with Crippen LogP contribution in [-0.2, 0) is 9.53 Å². The van der Waals surface area contributed by atoms with E-state index in [2.05, 4.69) is 22.9 Å². The molecule has 0 amide bonds. The molecule has 0 N–H and O–H groups in total. The van der Waals surface area contributed by atoms with Crippen molar-refractivity contribution >= 4 is 21.9 Å². The molecule has 0 aliphatic carbocycles. The summed E-state index contributed by atoms with van der Waals surface area (Å²) >= 11 is 3.52. The topological polar surface area (TPSA) is 26.3 Å². The van der Waals surface area contributed by atoms with E-state index >= 15 is 0 Å². The lowest BCUT2D eigenvalue weighted by Gasteiger charge is -2.20. The average molecular weight is 237 g/mol. The van der Waals surface area contributed by atoms with Crippen LogP contribution >= 0.6 is 15.9 Å². The number of alkyl halides is 1. The van der Waals surface area contributed by atoms with Crippen molar-refractivity contribution in [1.82, 2.24) is 0 Å². The number of esters is 1. The third kappa shape index (κ3) is 4.75. The van der Waals surface area contributed by atoms with Crippen molar-refractivity contribution in [3.8, 4) is 0 Å². The van der Waals surface area contributed by atoms with Crippen molar-refractivity contribution < 1.29 is 9.53 Å². The minimum Gasteiger partial charge on any atom is -0.461 e. The van der Waals surface area contributed by atoms with Crippen LogP contribution in [0.2, 0.25) is 0 Å². The molecule has 0 aromatic heterocycles. The van der Waals surface area contributed by atoms with Gasteiger partial charge in [-0.2, -0.15) is 0 Å². The SMILES string of the molecule is CCCC(Br)C(CC)OC(C)=O. The van der Waals surface area contributed by atoms with Crippen LogP contribution in [0.3, 0.4) is 0 Å². The van der Waals surface area contributed by atoms with Crippen molar-refractivity contribution in [3.05, 3.63) is 0 Å². The van der Waals surface area contributed by atoms with Crippen LogP contribution in [0.25, 0.3) is 0 Å². The van der Waals surface area contributed by atoms with Crippen LogP contribution in [0.1, 0.15) is 40.0 Å². The van der Waals surface area contributed by atoms with E-state index in [1.54, 1.807) is 0 Å². The van der Waals surface area contributed by atoms with Crippen LogP contribution in [0.15, 0.2) is 0 Å². The standard InChI is InChI=1S/C9H17BrO2/c1-4-6-8(10)9(5-2)12-7(3)11/h8-9H,4-6H2,1-3H3. The maximum Gasteiger partial charge on any atom is 0.302 e. The fourth-order valence-corrected chi connectivity index (χ4v) is 2.03. The first-order valence-corrected chi connectivity index (χ1v) is 5.34. The molecule has 0 fully saturated rings. The maximum atomic E-state index is 10.7. The highest BCUT2D eigenvalue weighted by Crippen LogP contribution is 2.18. The van der Waals surface area contributed by atoms with Crippen molar-refractivity contribution in [2.24, 2.45) is 0 Å². The van der Waals surface area contributed by atoms with Gasteiger partial charge in [0, 0.05) is 6.92 Å². The molecule has 2 unspecified atom stereocenters. The maximum absolute atomic E-state index is 10.7. The number of ether oxygens (including phenoxy) is 1. The Hall–Kier alpha value is -0.0500. The summed E-state index contributed by atoms with van der Waals surface area (Å²) in [6, 6.07) is 0. The van der Waals surface area contributed by atoms with Gasteiger partial charge in [-0.05, 0) is 12.8 Å². The van der Waals surface area contributed by atoms with E-state index in [-0.39, 0.29) is 12.1 Å². The van der Waals surface area contributed by atoms with Crippen molar-refractivity contribution in [1.29, 1.82) is 0 Å². The molecule has 0 aliphatic heterocycles. The van der Waals surface area contributed by atoms with E-state index in [0.717, 1.165) is 19.3 Å². The Labute approximate surface area is 82.8 Å². The number of halogens is 1. The summed E-state index contributed by atoms with van der Waals surface area (Å²) in [5.41, 5.74) is 0. The van der Waals surface area contributed by atoms with Crippen LogP contribution in [0, 0.1) is 0 Å². The molecule has 0 rings (SSSR count). The predicted octanol–water partition coefficient (Wildman–Crippen LogP) is 2.89. The highest BCUT2D eigenvalue weighted by molar-refractivity contribution is 9.09. The van der Waals surface area contributed by atoms with Crippen LogP contribution in [0.5, 0.6) is 0 Å². The second-order valence-electron chi connectivity index (χ2n) is 2.86. The highest BCUT2D eigenvalue weighted by atomic mass is 79.9. The zero-order chi connectivity index (χ0) is 9.56. The largest absolute Gasteiger partial charge is 0.461 e. The number of hydrogen-bond donors (Lipinski definition) is 0. The lowest BCUT2D eigenvalue weighted by Crippen LogP contribution is -2.25. The Kier molecular flexibility index (Phi) is 6.44. The smallest absolute Gasteiger partial charge is 0.302 e. The molecule has 0 saturated carbocycles. The minimum atomic E-state index is -0.192. The molecule has 3 heteroatoms. The van der Waals surface area contributed by atoms with Gasteiger partial charge < -0.3 is 4.74 Å². The summed E-state index contributed by atoms with van der Waals surface area (Å²) in [6.45, 7) is 5.60. The van der Waals surface area contributed by atoms with Gasteiger partial charge in [0.05, 0.1) is 4.83 Å². The first kappa shape index (κ1) is 11.9. The Morgan fingerprint density at radius 3 is 2.42 bits per heavy atom. The molecule has 2 nitrogen and oxygen atoms in total. The van der Waals surface area contributed by atoms with E-state index in [1.807, 2.05) is 6.92 Å². The number of carbonyl (C=O) groups excluding carboxylic acids is 1. The first-order valence-electron chi connectivity index (χ1n) is 4.43. The molecule has 2 atom stereocenters. The molecule has 12 heavy (non-hydrogen) atoms. The van der Waals surface area contributed by atoms with Gasteiger partial charge in [0.15, 0.2) is 0 Å². The quantitative estimate of drug-likeness (QED) is 0.542. The fraction of sp³-hybridized carbons (Fsp3) is 0.889. The van der Waals surface area contributed by atoms with Gasteiger partial charge in [-0.1, -0.05) is 36.2 Å². The van der Waals surface area contributed by atoms with E-state index in [4.69, 9.17) is 4.74 Å². The monoisotopic (exact) mass is 236 g/mol. The fourth-order valence-electron chi connectivity index (χ4n) is 1.09. The summed E-state index contributed by atoms with van der Waals surface area (Å²) in [5, 5.41) is 0. The zero-order valence-electron chi connectivity index (χ0n) is 7.97. The van der Waals surface area contributed by atoms with Gasteiger partial charge in [0.2, 0.25) is 0 Å². The average Bonchev–Trinajstić information content (AvgIpc) is 2.00. The second-order valence-corrected chi connectivity index (χ2v) is 4.04. The Morgan fingerprint density at radius 2 is 2.08 bits per heavy atom. The molecule has 0 aromatic rings. The summed E-state index contributed by atoms with van der Waals surface area (Å²) in [6.07, 6.45) is 3.05. The molecule has 0 aliphatic rings. The lowest BCUT2D eigenvalue weighted by molar-refractivity contribution is -0.146. The third-order valence-electron chi connectivity index (χ3n) is 1.69. The molecular weight excluding hydrogens is 220 g/mol. The Bertz CT molecular complexity index is 136.